The van der Waals surface area contributed by atoms with Gasteiger partial charge in [-0.3, -0.25) is 0 Å². The summed E-state index contributed by atoms with van der Waals surface area (Å²) in [6.45, 7) is 2.72. The summed E-state index contributed by atoms with van der Waals surface area (Å²) in [5.74, 6) is -0.130. The molecule has 0 aromatic carbocycles. The number of ether oxygens (including phenoxy) is 1. The molecule has 0 heterocycles. The van der Waals surface area contributed by atoms with Crippen molar-refractivity contribution in [2.45, 2.75) is 6.92 Å². The van der Waals surface area contributed by atoms with Crippen molar-refractivity contribution in [3.05, 3.63) is 0 Å². The average Bonchev–Trinajstić information content (AvgIpc) is 1.59. The maximum atomic E-state index is 10.8. The summed E-state index contributed by atoms with van der Waals surface area (Å²) >= 11 is 0. The number of carbonyl (C=O) groups excluding carboxylic acids is 1. The molecule has 3 nitrogen and oxygen atoms in total. The van der Waals surface area contributed by atoms with Crippen molar-refractivity contribution < 1.29 is 14.0 Å². The lowest BCUT2D eigenvalue weighted by Gasteiger charge is -2.21. The molecule has 0 aromatic rings. The van der Waals surface area contributed by atoms with E-state index in [1.54, 1.807) is 0 Å². The summed E-state index contributed by atoms with van der Waals surface area (Å²) in [5, 5.41) is 0. The predicted octanol–water partition coefficient (Wildman–Crippen LogP) is 0.256. The summed E-state index contributed by atoms with van der Waals surface area (Å²) in [7, 11) is 5.87. The molecular formula is C7H16NO2+. The van der Waals surface area contributed by atoms with Crippen LogP contribution >= 0.6 is 0 Å². The molecule has 0 aliphatic carbocycles. The molecule has 60 valence electrons. The van der Waals surface area contributed by atoms with Crippen LogP contribution in [0.5, 0.6) is 0 Å². The SMILES string of the molecule is CCOC(=O)C[N+](C)(C)[13CH3]. The van der Waals surface area contributed by atoms with Gasteiger partial charge >= 0.3 is 5.97 Å². The number of esters is 1. The number of hydrogen-bond acceptors (Lipinski definition) is 2. The highest BCUT2D eigenvalue weighted by Crippen LogP contribution is 1.90. The predicted molar refractivity (Wildman–Crippen MR) is 39.5 cm³/mol. The zero-order valence-corrected chi connectivity index (χ0v) is 7.18. The van der Waals surface area contributed by atoms with E-state index in [0.717, 1.165) is 0 Å². The molecule has 0 atom stereocenters. The van der Waals surface area contributed by atoms with Crippen molar-refractivity contribution >= 4 is 5.97 Å². The third kappa shape index (κ3) is 5.56. The summed E-state index contributed by atoms with van der Waals surface area (Å²) < 4.78 is 5.39. The maximum absolute atomic E-state index is 10.8. The van der Waals surface area contributed by atoms with Gasteiger partial charge in [0.25, 0.3) is 0 Å². The first-order valence-corrected chi connectivity index (χ1v) is 3.42. The Morgan fingerprint density at radius 1 is 1.40 bits per heavy atom. The first kappa shape index (κ1) is 9.43. The van der Waals surface area contributed by atoms with E-state index in [1.807, 2.05) is 28.1 Å². The van der Waals surface area contributed by atoms with Crippen LogP contribution in [-0.4, -0.2) is 44.7 Å². The molecule has 3 heteroatoms. The van der Waals surface area contributed by atoms with Crippen LogP contribution in [0.4, 0.5) is 0 Å². The Morgan fingerprint density at radius 3 is 2.20 bits per heavy atom. The van der Waals surface area contributed by atoms with E-state index in [-0.39, 0.29) is 5.97 Å². The zero-order chi connectivity index (χ0) is 8.20. The van der Waals surface area contributed by atoms with Gasteiger partial charge in [0.2, 0.25) is 0 Å². The minimum atomic E-state index is -0.130. The molecule has 0 fully saturated rings. The van der Waals surface area contributed by atoms with Crippen LogP contribution in [0, 0.1) is 0 Å². The highest BCUT2D eigenvalue weighted by molar-refractivity contribution is 5.70. The molecular weight excluding hydrogens is 131 g/mol. The standard InChI is InChI=1S/C7H16NO2/c1-5-10-7(9)6-8(2,3)4/h5-6H2,1-4H3/q+1/i2+1. The molecule has 0 spiro atoms. The number of quaternary nitrogens is 1. The average molecular weight is 147 g/mol. The number of nitrogens with zero attached hydrogens (tertiary/aromatic N) is 1. The topological polar surface area (TPSA) is 26.3 Å². The van der Waals surface area contributed by atoms with Crippen LogP contribution in [0.3, 0.4) is 0 Å². The second-order valence-electron chi connectivity index (χ2n) is 3.25. The Labute approximate surface area is 62.2 Å². The third-order valence-electron chi connectivity index (χ3n) is 0.909. The van der Waals surface area contributed by atoms with Gasteiger partial charge in [-0.25, -0.2) is 4.79 Å². The molecule has 0 bridgehead atoms. The minimum absolute atomic E-state index is 0.130. The van der Waals surface area contributed by atoms with Crippen LogP contribution in [0.2, 0.25) is 0 Å². The van der Waals surface area contributed by atoms with Gasteiger partial charge in [0.05, 0.1) is 27.7 Å². The normalized spacial score (nSPS) is 11.2. The molecule has 0 aliphatic rings. The van der Waals surface area contributed by atoms with Gasteiger partial charge in [0.15, 0.2) is 6.54 Å². The third-order valence-corrected chi connectivity index (χ3v) is 0.909. The van der Waals surface area contributed by atoms with Crippen LogP contribution < -0.4 is 0 Å². The quantitative estimate of drug-likeness (QED) is 0.325. The molecule has 0 radical (unpaired) electrons. The summed E-state index contributed by atoms with van der Waals surface area (Å²) in [5.41, 5.74) is 0. The Balaban J connectivity index is 3.58. The summed E-state index contributed by atoms with van der Waals surface area (Å²) in [4.78, 5) is 10.8. The van der Waals surface area contributed by atoms with Gasteiger partial charge in [-0.2, -0.15) is 0 Å². The van der Waals surface area contributed by atoms with E-state index in [9.17, 15) is 4.79 Å². The molecule has 0 aliphatic heterocycles. The Bertz CT molecular complexity index is 115. The van der Waals surface area contributed by atoms with Gasteiger partial charge in [-0.15, -0.1) is 0 Å². The van der Waals surface area contributed by atoms with E-state index in [2.05, 4.69) is 0 Å². The van der Waals surface area contributed by atoms with Gasteiger partial charge in [-0.05, 0) is 6.92 Å². The fraction of sp³-hybridized carbons (Fsp3) is 0.857. The van der Waals surface area contributed by atoms with E-state index in [0.29, 0.717) is 17.6 Å². The Hall–Kier alpha value is -0.570. The van der Waals surface area contributed by atoms with Gasteiger partial charge in [0, 0.05) is 0 Å². The number of carbonyl (C=O) groups is 1. The molecule has 10 heavy (non-hydrogen) atoms. The van der Waals surface area contributed by atoms with Crippen molar-refractivity contribution in [2.24, 2.45) is 0 Å². The maximum Gasteiger partial charge on any atom is 0.361 e. The minimum Gasteiger partial charge on any atom is -0.462 e. The molecule has 0 saturated carbocycles. The second kappa shape index (κ2) is 3.56. The largest absolute Gasteiger partial charge is 0.462 e. The van der Waals surface area contributed by atoms with E-state index in [4.69, 9.17) is 4.74 Å². The van der Waals surface area contributed by atoms with Crippen LogP contribution in [-0.2, 0) is 9.53 Å². The van der Waals surface area contributed by atoms with Crippen molar-refractivity contribution in [3.63, 3.8) is 0 Å². The number of likely N-dealkylation sites (N-methyl/N-ethyl adjacent to an activating group) is 1. The van der Waals surface area contributed by atoms with Crippen molar-refractivity contribution in [2.75, 3.05) is 34.3 Å². The van der Waals surface area contributed by atoms with Crippen LogP contribution in [0.1, 0.15) is 6.92 Å². The van der Waals surface area contributed by atoms with Gasteiger partial charge < -0.3 is 9.22 Å². The van der Waals surface area contributed by atoms with Crippen molar-refractivity contribution in [1.82, 2.24) is 0 Å². The van der Waals surface area contributed by atoms with Crippen LogP contribution in [0.25, 0.3) is 0 Å². The molecule has 0 amide bonds. The van der Waals surface area contributed by atoms with E-state index < -0.39 is 0 Å². The van der Waals surface area contributed by atoms with Gasteiger partial charge in [0.1, 0.15) is 0 Å². The summed E-state index contributed by atoms with van der Waals surface area (Å²) in [6.07, 6.45) is 0. The molecule has 0 saturated heterocycles. The second-order valence-corrected chi connectivity index (χ2v) is 3.25. The van der Waals surface area contributed by atoms with Crippen molar-refractivity contribution in [1.29, 1.82) is 0 Å². The van der Waals surface area contributed by atoms with Gasteiger partial charge in [-0.1, -0.05) is 0 Å². The lowest BCUT2D eigenvalue weighted by atomic mass is 10.5. The molecule has 0 aromatic heterocycles. The molecule has 0 unspecified atom stereocenters. The highest BCUT2D eigenvalue weighted by atomic mass is 16.5. The van der Waals surface area contributed by atoms with E-state index in [1.165, 1.54) is 0 Å². The fourth-order valence-electron chi connectivity index (χ4n) is 0.594. The smallest absolute Gasteiger partial charge is 0.361 e. The van der Waals surface area contributed by atoms with Crippen LogP contribution in [0.15, 0.2) is 0 Å². The summed E-state index contributed by atoms with van der Waals surface area (Å²) in [6, 6.07) is 0. The molecule has 0 N–H and O–H groups in total. The fourth-order valence-corrected chi connectivity index (χ4v) is 0.594. The highest BCUT2D eigenvalue weighted by Gasteiger charge is 2.14. The Morgan fingerprint density at radius 2 is 1.90 bits per heavy atom. The Kier molecular flexibility index (Phi) is 3.36. The number of hydrogen-bond donors (Lipinski definition) is 0. The monoisotopic (exact) mass is 147 g/mol. The number of rotatable bonds is 3. The first-order chi connectivity index (χ1) is 4.45. The molecule has 0 rings (SSSR count). The zero-order valence-electron chi connectivity index (χ0n) is 7.18. The van der Waals surface area contributed by atoms with E-state index >= 15 is 0 Å². The van der Waals surface area contributed by atoms with Crippen molar-refractivity contribution in [3.8, 4) is 0 Å². The first-order valence-electron chi connectivity index (χ1n) is 3.42. The lowest BCUT2D eigenvalue weighted by molar-refractivity contribution is -0.862. The lowest BCUT2D eigenvalue weighted by Crippen LogP contribution is -2.40.